The second-order valence-electron chi connectivity index (χ2n) is 4.73. The number of rotatable bonds is 3. The van der Waals surface area contributed by atoms with Gasteiger partial charge in [0.05, 0.1) is 16.6 Å². The summed E-state index contributed by atoms with van der Waals surface area (Å²) in [4.78, 5) is 27.2. The zero-order valence-corrected chi connectivity index (χ0v) is 11.5. The lowest BCUT2D eigenvalue weighted by molar-refractivity contribution is 0.443. The maximum absolute atomic E-state index is 12.0. The van der Waals surface area contributed by atoms with Crippen LogP contribution < -0.4 is 5.56 Å². The summed E-state index contributed by atoms with van der Waals surface area (Å²) in [5.41, 5.74) is 2.16. The Morgan fingerprint density at radius 2 is 1.95 bits per heavy atom. The van der Waals surface area contributed by atoms with Crippen molar-refractivity contribution >= 4 is 11.0 Å². The molecule has 0 radical (unpaired) electrons. The highest BCUT2D eigenvalue weighted by Crippen LogP contribution is 2.21. The fourth-order valence-corrected chi connectivity index (χ4v) is 2.21. The summed E-state index contributed by atoms with van der Waals surface area (Å²) in [7, 11) is 0. The van der Waals surface area contributed by atoms with E-state index in [4.69, 9.17) is 0 Å². The van der Waals surface area contributed by atoms with E-state index in [0.717, 1.165) is 11.9 Å². The lowest BCUT2D eigenvalue weighted by Crippen LogP contribution is -2.15. The van der Waals surface area contributed by atoms with Gasteiger partial charge in [-0.2, -0.15) is 4.98 Å². The van der Waals surface area contributed by atoms with Crippen LogP contribution in [0.4, 0.5) is 0 Å². The molecule has 0 saturated carbocycles. The first kappa shape index (κ1) is 13.2. The van der Waals surface area contributed by atoms with Gasteiger partial charge in [0.2, 0.25) is 5.88 Å². The predicted molar refractivity (Wildman–Crippen MR) is 79.0 cm³/mol. The maximum Gasteiger partial charge on any atom is 0.258 e. The third-order valence-corrected chi connectivity index (χ3v) is 3.24. The molecule has 2 aromatic heterocycles. The van der Waals surface area contributed by atoms with Gasteiger partial charge in [-0.25, -0.2) is 0 Å². The smallest absolute Gasteiger partial charge is 0.258 e. The standard InChI is InChI=1S/C15H14N4O2/c1-2-3-10-14(20)18-13(19-15(10)21)9-4-5-11-12(8-9)17-7-6-16-11/h4-8H,2-3H2,1H3,(H2,18,19,20,21). The highest BCUT2D eigenvalue weighted by molar-refractivity contribution is 5.79. The van der Waals surface area contributed by atoms with Crippen LogP contribution in [0, 0.1) is 0 Å². The fraction of sp³-hybridized carbons (Fsp3) is 0.200. The molecule has 0 fully saturated rings. The zero-order chi connectivity index (χ0) is 14.8. The Kier molecular flexibility index (Phi) is 3.35. The van der Waals surface area contributed by atoms with Crippen LogP contribution in [-0.2, 0) is 6.42 Å². The third kappa shape index (κ3) is 2.47. The van der Waals surface area contributed by atoms with E-state index in [9.17, 15) is 9.90 Å². The first-order chi connectivity index (χ1) is 10.2. The van der Waals surface area contributed by atoms with Crippen molar-refractivity contribution in [3.05, 3.63) is 46.5 Å². The van der Waals surface area contributed by atoms with Crippen LogP contribution in [0.3, 0.4) is 0 Å². The van der Waals surface area contributed by atoms with Crippen molar-refractivity contribution < 1.29 is 5.11 Å². The van der Waals surface area contributed by atoms with E-state index in [1.165, 1.54) is 0 Å². The van der Waals surface area contributed by atoms with Gasteiger partial charge in [-0.1, -0.05) is 13.3 Å². The second-order valence-corrected chi connectivity index (χ2v) is 4.73. The Bertz CT molecular complexity index is 858. The largest absolute Gasteiger partial charge is 0.493 e. The molecular weight excluding hydrogens is 268 g/mol. The summed E-state index contributed by atoms with van der Waals surface area (Å²) < 4.78 is 0. The lowest BCUT2D eigenvalue weighted by Gasteiger charge is -2.06. The van der Waals surface area contributed by atoms with Crippen molar-refractivity contribution in [1.82, 2.24) is 19.9 Å². The van der Waals surface area contributed by atoms with Gasteiger partial charge in [-0.15, -0.1) is 0 Å². The number of aromatic amines is 1. The van der Waals surface area contributed by atoms with Gasteiger partial charge in [0.1, 0.15) is 5.82 Å². The number of H-pyrrole nitrogens is 1. The Morgan fingerprint density at radius 1 is 1.19 bits per heavy atom. The van der Waals surface area contributed by atoms with Gasteiger partial charge in [-0.05, 0) is 24.6 Å². The molecule has 0 unspecified atom stereocenters. The summed E-state index contributed by atoms with van der Waals surface area (Å²) in [6, 6.07) is 5.36. The molecule has 6 nitrogen and oxygen atoms in total. The summed E-state index contributed by atoms with van der Waals surface area (Å²) >= 11 is 0. The Labute approximate surface area is 120 Å². The molecule has 0 spiro atoms. The van der Waals surface area contributed by atoms with Crippen molar-refractivity contribution in [2.45, 2.75) is 19.8 Å². The predicted octanol–water partition coefficient (Wildman–Crippen LogP) is 2.04. The van der Waals surface area contributed by atoms with E-state index in [1.807, 2.05) is 6.92 Å². The van der Waals surface area contributed by atoms with Crippen LogP contribution in [0.15, 0.2) is 35.4 Å². The molecule has 21 heavy (non-hydrogen) atoms. The first-order valence-corrected chi connectivity index (χ1v) is 6.72. The lowest BCUT2D eigenvalue weighted by atomic mass is 10.1. The number of benzene rings is 1. The molecule has 0 amide bonds. The molecule has 0 bridgehead atoms. The van der Waals surface area contributed by atoms with Crippen molar-refractivity contribution in [2.24, 2.45) is 0 Å². The van der Waals surface area contributed by atoms with E-state index < -0.39 is 0 Å². The molecule has 0 saturated heterocycles. The summed E-state index contributed by atoms with van der Waals surface area (Å²) in [6.45, 7) is 1.94. The molecule has 3 aromatic rings. The van der Waals surface area contributed by atoms with E-state index in [0.29, 0.717) is 28.9 Å². The van der Waals surface area contributed by atoms with Gasteiger partial charge in [0, 0.05) is 18.0 Å². The highest BCUT2D eigenvalue weighted by atomic mass is 16.3. The molecule has 1 aromatic carbocycles. The average molecular weight is 282 g/mol. The van der Waals surface area contributed by atoms with Gasteiger partial charge < -0.3 is 10.1 Å². The van der Waals surface area contributed by atoms with Crippen LogP contribution in [0.25, 0.3) is 22.4 Å². The van der Waals surface area contributed by atoms with Crippen molar-refractivity contribution in [1.29, 1.82) is 0 Å². The summed E-state index contributed by atoms with van der Waals surface area (Å²) in [5.74, 6) is 0.111. The number of nitrogens with one attached hydrogen (secondary N) is 1. The normalized spacial score (nSPS) is 10.9. The maximum atomic E-state index is 12.0. The number of nitrogens with zero attached hydrogens (tertiary/aromatic N) is 3. The Morgan fingerprint density at radius 3 is 2.67 bits per heavy atom. The summed E-state index contributed by atoms with van der Waals surface area (Å²) in [5, 5.41) is 9.92. The van der Waals surface area contributed by atoms with Crippen LogP contribution in [0.2, 0.25) is 0 Å². The van der Waals surface area contributed by atoms with E-state index in [1.54, 1.807) is 30.6 Å². The SMILES string of the molecule is CCCc1c(O)nc(-c2ccc3nccnc3c2)[nH]c1=O. The van der Waals surface area contributed by atoms with Crippen molar-refractivity contribution in [2.75, 3.05) is 0 Å². The molecule has 6 heteroatoms. The number of aromatic hydroxyl groups is 1. The zero-order valence-electron chi connectivity index (χ0n) is 11.5. The van der Waals surface area contributed by atoms with E-state index in [2.05, 4.69) is 19.9 Å². The summed E-state index contributed by atoms with van der Waals surface area (Å²) in [6.07, 6.45) is 4.48. The number of hydrogen-bond acceptors (Lipinski definition) is 5. The quantitative estimate of drug-likeness (QED) is 0.767. The number of aromatic nitrogens is 4. The van der Waals surface area contributed by atoms with E-state index >= 15 is 0 Å². The minimum atomic E-state index is -0.307. The van der Waals surface area contributed by atoms with Crippen molar-refractivity contribution in [3.63, 3.8) is 0 Å². The molecule has 2 N–H and O–H groups in total. The number of hydrogen-bond donors (Lipinski definition) is 2. The molecule has 3 rings (SSSR count). The van der Waals surface area contributed by atoms with Crippen LogP contribution in [0.1, 0.15) is 18.9 Å². The van der Waals surface area contributed by atoms with Gasteiger partial charge in [0.15, 0.2) is 0 Å². The first-order valence-electron chi connectivity index (χ1n) is 6.72. The van der Waals surface area contributed by atoms with Crippen LogP contribution in [0.5, 0.6) is 5.88 Å². The molecule has 0 aliphatic heterocycles. The third-order valence-electron chi connectivity index (χ3n) is 3.24. The Hall–Kier alpha value is -2.76. The molecular formula is C15H14N4O2. The van der Waals surface area contributed by atoms with Crippen LogP contribution in [-0.4, -0.2) is 25.0 Å². The molecule has 0 aliphatic carbocycles. The topological polar surface area (TPSA) is 91.8 Å². The van der Waals surface area contributed by atoms with Gasteiger partial charge in [-0.3, -0.25) is 14.8 Å². The molecule has 2 heterocycles. The van der Waals surface area contributed by atoms with Gasteiger partial charge in [0.25, 0.3) is 5.56 Å². The van der Waals surface area contributed by atoms with E-state index in [-0.39, 0.29) is 11.4 Å². The minimum absolute atomic E-state index is 0.213. The monoisotopic (exact) mass is 282 g/mol. The molecule has 0 atom stereocenters. The molecule has 106 valence electrons. The fourth-order valence-electron chi connectivity index (χ4n) is 2.21. The number of fused-ring (bicyclic) bond motifs is 1. The highest BCUT2D eigenvalue weighted by Gasteiger charge is 2.11. The Balaban J connectivity index is 2.12. The average Bonchev–Trinajstić information content (AvgIpc) is 2.50. The molecule has 0 aliphatic rings. The van der Waals surface area contributed by atoms with Crippen molar-refractivity contribution in [3.8, 4) is 17.3 Å². The second kappa shape index (κ2) is 5.32. The van der Waals surface area contributed by atoms with Crippen LogP contribution >= 0.6 is 0 Å². The minimum Gasteiger partial charge on any atom is -0.493 e. The van der Waals surface area contributed by atoms with Gasteiger partial charge >= 0.3 is 0 Å².